The van der Waals surface area contributed by atoms with Gasteiger partial charge in [0.25, 0.3) is 11.8 Å². The Morgan fingerprint density at radius 2 is 2.13 bits per heavy atom. The molecular formula is C21H19N9O5S3. The number of hydrogen-bond donors (Lipinski definition) is 3. The molecule has 3 aromatic rings. The molecule has 2 amide bonds. The fourth-order valence-corrected chi connectivity index (χ4v) is 6.77. The number of aromatic nitrogens is 5. The van der Waals surface area contributed by atoms with Crippen LogP contribution in [-0.2, 0) is 19.2 Å². The number of β-lactam (4-membered cyclic amide) rings is 1. The Kier molecular flexibility index (Phi) is 7.30. The number of anilines is 1. The number of nitrogen functional groups attached to an aromatic ring is 1. The molecule has 2 aromatic heterocycles. The van der Waals surface area contributed by atoms with E-state index in [9.17, 15) is 19.5 Å². The minimum absolute atomic E-state index is 0.103. The van der Waals surface area contributed by atoms with Crippen LogP contribution in [-0.4, -0.2) is 88.7 Å². The Morgan fingerprint density at radius 1 is 1.34 bits per heavy atom. The molecule has 17 heteroatoms. The van der Waals surface area contributed by atoms with E-state index in [0.717, 1.165) is 17.0 Å². The number of carboxylic acids is 1. The number of rotatable bonds is 9. The number of nitrogens with one attached hydrogen (secondary N) is 1. The smallest absolute Gasteiger partial charge is 0.352 e. The number of carboxylic acid groups (broad SMARTS) is 1. The number of oxime groups is 1. The predicted octanol–water partition coefficient (Wildman–Crippen LogP) is 0.582. The number of para-hydroxylation sites is 1. The second-order valence-corrected chi connectivity index (χ2v) is 10.7. The van der Waals surface area contributed by atoms with Crippen LogP contribution < -0.4 is 11.1 Å². The van der Waals surface area contributed by atoms with Gasteiger partial charge in [-0.1, -0.05) is 35.1 Å². The van der Waals surface area contributed by atoms with Crippen LogP contribution in [0.4, 0.5) is 5.13 Å². The first kappa shape index (κ1) is 25.7. The van der Waals surface area contributed by atoms with Gasteiger partial charge in [0.1, 0.15) is 29.9 Å². The molecule has 14 nitrogen and oxygen atoms in total. The van der Waals surface area contributed by atoms with Gasteiger partial charge in [-0.3, -0.25) is 14.5 Å². The third kappa shape index (κ3) is 4.82. The highest BCUT2D eigenvalue weighted by Gasteiger charge is 2.54. The molecule has 4 heterocycles. The van der Waals surface area contributed by atoms with Crippen molar-refractivity contribution in [1.29, 1.82) is 0 Å². The number of benzene rings is 1. The van der Waals surface area contributed by atoms with E-state index >= 15 is 0 Å². The standard InChI is InChI=1S/C21H19N9O5S3/c1-35-26-13(12-9-37-20(22)23-12)16(31)24-14-17(32)29-15(19(33)34)10(7-36-18(14)29)8-38-21-25-27-28-30(21)11-5-3-2-4-6-11/h2-6,9,14,18H,7-8H2,1H3,(H2,22,23)(H,24,31)(H,33,34)/b26-13-/t14-,18-/m1/s1. The van der Waals surface area contributed by atoms with Gasteiger partial charge in [-0.15, -0.1) is 28.2 Å². The molecule has 2 aliphatic heterocycles. The van der Waals surface area contributed by atoms with E-state index in [-0.39, 0.29) is 28.0 Å². The van der Waals surface area contributed by atoms with Crippen LogP contribution in [0.1, 0.15) is 5.69 Å². The molecular weight excluding hydrogens is 554 g/mol. The molecule has 4 N–H and O–H groups in total. The van der Waals surface area contributed by atoms with E-state index in [4.69, 9.17) is 10.6 Å². The average Bonchev–Trinajstić information content (AvgIpc) is 3.57. The topological polar surface area (TPSA) is 191 Å². The Bertz CT molecular complexity index is 1460. The monoisotopic (exact) mass is 573 g/mol. The lowest BCUT2D eigenvalue weighted by Gasteiger charge is -2.49. The summed E-state index contributed by atoms with van der Waals surface area (Å²) in [5.41, 5.74) is 6.92. The summed E-state index contributed by atoms with van der Waals surface area (Å²) in [5.74, 6) is -1.87. The number of amides is 2. The Morgan fingerprint density at radius 3 is 2.82 bits per heavy atom. The second-order valence-electron chi connectivity index (χ2n) is 7.81. The van der Waals surface area contributed by atoms with Crippen LogP contribution in [0.5, 0.6) is 0 Å². The molecule has 0 aliphatic carbocycles. The first-order chi connectivity index (χ1) is 18.4. The Labute approximate surface area is 227 Å². The molecule has 5 rings (SSSR count). The van der Waals surface area contributed by atoms with E-state index in [0.29, 0.717) is 16.5 Å². The molecule has 0 spiro atoms. The summed E-state index contributed by atoms with van der Waals surface area (Å²) in [6, 6.07) is 8.34. The normalized spacial score (nSPS) is 19.1. The van der Waals surface area contributed by atoms with Gasteiger partial charge in [0.05, 0.1) is 5.69 Å². The lowest BCUT2D eigenvalue weighted by atomic mass is 10.0. The van der Waals surface area contributed by atoms with E-state index in [1.165, 1.54) is 35.5 Å². The Hall–Kier alpha value is -3.96. The SMILES string of the molecule is CO/N=C(\C(=O)N[C@@H]1C(=O)N2C(C(=O)O)=C(CSc3nnnn3-c3ccccc3)CS[C@H]12)c1csc(N)n1. The summed E-state index contributed by atoms with van der Waals surface area (Å²) in [5, 5.41) is 29.7. The number of tetrazole rings is 1. The summed E-state index contributed by atoms with van der Waals surface area (Å²) in [4.78, 5) is 48.1. The number of fused-ring (bicyclic) bond motifs is 1. The zero-order valence-corrected chi connectivity index (χ0v) is 22.0. The van der Waals surface area contributed by atoms with Gasteiger partial charge < -0.3 is 21.0 Å². The van der Waals surface area contributed by atoms with Crippen molar-refractivity contribution in [1.82, 2.24) is 35.4 Å². The molecule has 2 atom stereocenters. The van der Waals surface area contributed by atoms with Crippen LogP contribution in [0.2, 0.25) is 0 Å². The maximum atomic E-state index is 13.0. The zero-order valence-electron chi connectivity index (χ0n) is 19.5. The highest BCUT2D eigenvalue weighted by molar-refractivity contribution is 8.01. The number of thioether (sulfide) groups is 2. The largest absolute Gasteiger partial charge is 0.477 e. The Balaban J connectivity index is 1.31. The number of carbonyl (C=O) groups excluding carboxylic acids is 2. The lowest BCUT2D eigenvalue weighted by Crippen LogP contribution is -2.71. The number of nitrogens with two attached hydrogens (primary N) is 1. The molecule has 196 valence electrons. The number of thiazole rings is 1. The molecule has 0 radical (unpaired) electrons. The van der Waals surface area contributed by atoms with Gasteiger partial charge >= 0.3 is 5.97 Å². The van der Waals surface area contributed by atoms with Crippen LogP contribution >= 0.6 is 34.9 Å². The van der Waals surface area contributed by atoms with Crippen LogP contribution in [0, 0.1) is 0 Å². The molecule has 1 aromatic carbocycles. The van der Waals surface area contributed by atoms with E-state index < -0.39 is 29.2 Å². The highest BCUT2D eigenvalue weighted by Crippen LogP contribution is 2.41. The highest BCUT2D eigenvalue weighted by atomic mass is 32.2. The van der Waals surface area contributed by atoms with Crippen molar-refractivity contribution in [3.63, 3.8) is 0 Å². The van der Waals surface area contributed by atoms with Crippen molar-refractivity contribution >= 4 is 63.5 Å². The van der Waals surface area contributed by atoms with Crippen molar-refractivity contribution in [3.05, 3.63) is 52.7 Å². The van der Waals surface area contributed by atoms with E-state index in [1.807, 2.05) is 30.3 Å². The minimum Gasteiger partial charge on any atom is -0.477 e. The van der Waals surface area contributed by atoms with Gasteiger partial charge in [0.2, 0.25) is 5.16 Å². The van der Waals surface area contributed by atoms with Crippen LogP contribution in [0.15, 0.2) is 57.3 Å². The summed E-state index contributed by atoms with van der Waals surface area (Å²) in [6.07, 6.45) is 0. The second kappa shape index (κ2) is 10.8. The number of carbonyl (C=O) groups is 3. The lowest BCUT2D eigenvalue weighted by molar-refractivity contribution is -0.150. The molecule has 2 aliphatic rings. The molecule has 0 saturated carbocycles. The first-order valence-corrected chi connectivity index (χ1v) is 13.8. The van der Waals surface area contributed by atoms with Crippen molar-refractivity contribution in [2.45, 2.75) is 16.6 Å². The van der Waals surface area contributed by atoms with Gasteiger partial charge in [-0.25, -0.2) is 9.78 Å². The van der Waals surface area contributed by atoms with Crippen LogP contribution in [0.3, 0.4) is 0 Å². The van der Waals surface area contributed by atoms with Gasteiger partial charge in [-0.2, -0.15) is 4.68 Å². The molecule has 0 unspecified atom stereocenters. The van der Waals surface area contributed by atoms with E-state index in [1.54, 1.807) is 10.1 Å². The first-order valence-electron chi connectivity index (χ1n) is 10.9. The van der Waals surface area contributed by atoms with Gasteiger partial charge in [0, 0.05) is 16.9 Å². The number of aliphatic carboxylic acids is 1. The van der Waals surface area contributed by atoms with Gasteiger partial charge in [-0.05, 0) is 28.1 Å². The summed E-state index contributed by atoms with van der Waals surface area (Å²) in [6.45, 7) is 0. The van der Waals surface area contributed by atoms with Crippen molar-refractivity contribution in [2.24, 2.45) is 5.16 Å². The third-order valence-electron chi connectivity index (χ3n) is 5.52. The average molecular weight is 574 g/mol. The van der Waals surface area contributed by atoms with Crippen molar-refractivity contribution < 1.29 is 24.3 Å². The number of nitrogens with zero attached hydrogens (tertiary/aromatic N) is 7. The summed E-state index contributed by atoms with van der Waals surface area (Å²) >= 11 is 3.74. The third-order valence-corrected chi connectivity index (χ3v) is 8.53. The van der Waals surface area contributed by atoms with Crippen LogP contribution in [0.25, 0.3) is 5.69 Å². The quantitative estimate of drug-likeness (QED) is 0.140. The van der Waals surface area contributed by atoms with Crippen molar-refractivity contribution in [3.8, 4) is 5.69 Å². The number of hydrogen-bond acceptors (Lipinski definition) is 13. The zero-order chi connectivity index (χ0) is 26.8. The molecule has 0 bridgehead atoms. The predicted molar refractivity (Wildman–Crippen MR) is 140 cm³/mol. The minimum atomic E-state index is -1.23. The maximum Gasteiger partial charge on any atom is 0.352 e. The summed E-state index contributed by atoms with van der Waals surface area (Å²) in [7, 11) is 1.28. The fourth-order valence-electron chi connectivity index (χ4n) is 3.85. The van der Waals surface area contributed by atoms with Crippen molar-refractivity contribution in [2.75, 3.05) is 24.3 Å². The fraction of sp³-hybridized carbons (Fsp3) is 0.238. The maximum absolute atomic E-state index is 13.0. The molecule has 1 saturated heterocycles. The van der Waals surface area contributed by atoms with E-state index in [2.05, 4.69) is 31.0 Å². The van der Waals surface area contributed by atoms with Gasteiger partial charge in [0.15, 0.2) is 10.8 Å². The summed E-state index contributed by atoms with van der Waals surface area (Å²) < 4.78 is 1.56. The molecule has 38 heavy (non-hydrogen) atoms. The molecule has 1 fully saturated rings.